The van der Waals surface area contributed by atoms with Gasteiger partial charge in [-0.1, -0.05) is 19.1 Å². The number of nitrogens with zero attached hydrogens (tertiary/aromatic N) is 4. The highest BCUT2D eigenvalue weighted by atomic mass is 16.5. The highest BCUT2D eigenvalue weighted by Gasteiger charge is 2.28. The molecule has 0 aliphatic heterocycles. The van der Waals surface area contributed by atoms with Crippen molar-refractivity contribution in [1.82, 2.24) is 25.2 Å². The number of ether oxygens (including phenoxy) is 1. The molecule has 2 N–H and O–H groups in total. The second-order valence-corrected chi connectivity index (χ2v) is 7.04. The summed E-state index contributed by atoms with van der Waals surface area (Å²) in [6, 6.07) is 7.74. The van der Waals surface area contributed by atoms with E-state index in [4.69, 9.17) is 4.74 Å². The molecule has 0 saturated heterocycles. The first-order valence-corrected chi connectivity index (χ1v) is 9.52. The number of anilines is 1. The Hall–Kier alpha value is -3.49. The lowest BCUT2D eigenvalue weighted by Gasteiger charge is -2.08. The molecule has 0 bridgehead atoms. The molecule has 2 heterocycles. The Balaban J connectivity index is 1.60. The van der Waals surface area contributed by atoms with E-state index in [9.17, 15) is 9.59 Å². The van der Waals surface area contributed by atoms with E-state index in [1.165, 1.54) is 7.11 Å². The second-order valence-electron chi connectivity index (χ2n) is 7.04. The highest BCUT2D eigenvalue weighted by molar-refractivity contribution is 6.07. The van der Waals surface area contributed by atoms with Gasteiger partial charge < -0.3 is 15.0 Å². The maximum Gasteiger partial charge on any atom is 0.339 e. The van der Waals surface area contributed by atoms with Gasteiger partial charge in [0.15, 0.2) is 5.82 Å². The van der Waals surface area contributed by atoms with Crippen LogP contribution in [0.15, 0.2) is 24.3 Å². The van der Waals surface area contributed by atoms with E-state index in [0.29, 0.717) is 46.5 Å². The zero-order valence-electron chi connectivity index (χ0n) is 16.5. The summed E-state index contributed by atoms with van der Waals surface area (Å²) < 4.78 is 6.68. The van der Waals surface area contributed by atoms with Crippen LogP contribution in [0.4, 0.5) is 5.69 Å². The Morgan fingerprint density at radius 2 is 2.14 bits per heavy atom. The molecule has 0 spiro atoms. The van der Waals surface area contributed by atoms with Gasteiger partial charge >= 0.3 is 5.97 Å². The number of methoxy groups -OCH3 is 1. The molecule has 1 saturated carbocycles. The number of aryl methyl sites for hydroxylation is 1. The van der Waals surface area contributed by atoms with Gasteiger partial charge in [0, 0.05) is 16.9 Å². The van der Waals surface area contributed by atoms with E-state index in [1.54, 1.807) is 13.0 Å². The van der Waals surface area contributed by atoms with Crippen LogP contribution in [0, 0.1) is 6.92 Å². The molecular weight excluding hydrogens is 372 g/mol. The van der Waals surface area contributed by atoms with E-state index in [0.717, 1.165) is 18.4 Å². The van der Waals surface area contributed by atoms with Crippen molar-refractivity contribution < 1.29 is 14.3 Å². The van der Waals surface area contributed by atoms with Gasteiger partial charge in [-0.15, -0.1) is 5.10 Å². The molecule has 9 heteroatoms. The predicted molar refractivity (Wildman–Crippen MR) is 106 cm³/mol. The largest absolute Gasteiger partial charge is 0.465 e. The molecule has 1 fully saturated rings. The third-order valence-corrected chi connectivity index (χ3v) is 5.06. The fraction of sp³-hybridized carbons (Fsp3) is 0.350. The molecule has 29 heavy (non-hydrogen) atoms. The number of carbonyl (C=O) groups is 2. The Labute approximate surface area is 167 Å². The van der Waals surface area contributed by atoms with Crippen molar-refractivity contribution in [2.75, 3.05) is 12.4 Å². The number of hydrogen-bond donors (Lipinski definition) is 2. The van der Waals surface area contributed by atoms with E-state index < -0.39 is 5.97 Å². The Bertz CT molecular complexity index is 1080. The summed E-state index contributed by atoms with van der Waals surface area (Å²) in [6.07, 6.45) is 2.73. The van der Waals surface area contributed by atoms with Crippen molar-refractivity contribution in [2.24, 2.45) is 0 Å². The monoisotopic (exact) mass is 394 g/mol. The van der Waals surface area contributed by atoms with Crippen LogP contribution < -0.4 is 5.32 Å². The summed E-state index contributed by atoms with van der Waals surface area (Å²) in [6.45, 7) is 3.64. The zero-order valence-corrected chi connectivity index (χ0v) is 16.5. The van der Waals surface area contributed by atoms with Crippen LogP contribution in [0.1, 0.15) is 57.9 Å². The van der Waals surface area contributed by atoms with Crippen LogP contribution >= 0.6 is 0 Å². The summed E-state index contributed by atoms with van der Waals surface area (Å²) in [5, 5.41) is 14.9. The van der Waals surface area contributed by atoms with Gasteiger partial charge in [0.2, 0.25) is 0 Å². The number of H-pyrrole nitrogens is 1. The molecule has 0 atom stereocenters. The summed E-state index contributed by atoms with van der Waals surface area (Å²) in [5.74, 6) is -0.101. The van der Waals surface area contributed by atoms with Crippen LogP contribution in [0.2, 0.25) is 0 Å². The number of benzene rings is 1. The van der Waals surface area contributed by atoms with Crippen molar-refractivity contribution in [3.63, 3.8) is 0 Å². The number of rotatable bonds is 6. The van der Waals surface area contributed by atoms with Crippen molar-refractivity contribution in [2.45, 2.75) is 39.2 Å². The minimum absolute atomic E-state index is 0.328. The SMILES string of the molecule is CCc1[nH]c(C(=O)Nc2cccc(-c3nnnn3C3CC3)c2)c(C)c1C(=O)OC. The number of hydrogen-bond acceptors (Lipinski definition) is 6. The first-order chi connectivity index (χ1) is 14.0. The van der Waals surface area contributed by atoms with Crippen molar-refractivity contribution >= 4 is 17.6 Å². The first kappa shape index (κ1) is 18.9. The molecule has 1 aromatic carbocycles. The first-order valence-electron chi connectivity index (χ1n) is 9.52. The number of aromatic nitrogens is 5. The Morgan fingerprint density at radius 3 is 2.83 bits per heavy atom. The number of carbonyl (C=O) groups excluding carboxylic acids is 2. The van der Waals surface area contributed by atoms with Gasteiger partial charge in [0.1, 0.15) is 5.69 Å². The molecular formula is C20H22N6O3. The van der Waals surface area contributed by atoms with E-state index in [1.807, 2.05) is 29.8 Å². The highest BCUT2D eigenvalue weighted by Crippen LogP contribution is 2.36. The number of amides is 1. The predicted octanol–water partition coefficient (Wildman–Crippen LogP) is 2.91. The van der Waals surface area contributed by atoms with Gasteiger partial charge in [-0.3, -0.25) is 4.79 Å². The van der Waals surface area contributed by atoms with Gasteiger partial charge in [0.05, 0.1) is 18.7 Å². The maximum absolute atomic E-state index is 12.9. The standard InChI is InChI=1S/C20H22N6O3/c1-4-15-16(20(28)29-3)11(2)17(22-15)19(27)21-13-7-5-6-12(10-13)18-23-24-25-26(18)14-8-9-14/h5-7,10,14,22H,4,8-9H2,1-3H3,(H,21,27). The average molecular weight is 394 g/mol. The molecule has 3 aromatic rings. The number of aromatic amines is 1. The molecule has 2 aromatic heterocycles. The quantitative estimate of drug-likeness (QED) is 0.621. The lowest BCUT2D eigenvalue weighted by molar-refractivity contribution is 0.0599. The van der Waals surface area contributed by atoms with Crippen molar-refractivity contribution in [3.8, 4) is 11.4 Å². The number of tetrazole rings is 1. The molecule has 0 radical (unpaired) electrons. The fourth-order valence-corrected chi connectivity index (χ4v) is 3.41. The molecule has 1 aliphatic rings. The van der Waals surface area contributed by atoms with Crippen LogP contribution in [0.3, 0.4) is 0 Å². The maximum atomic E-state index is 12.9. The summed E-state index contributed by atoms with van der Waals surface area (Å²) >= 11 is 0. The van der Waals surface area contributed by atoms with Gasteiger partial charge in [0.25, 0.3) is 5.91 Å². The van der Waals surface area contributed by atoms with Gasteiger partial charge in [-0.25, -0.2) is 9.48 Å². The van der Waals surface area contributed by atoms with Gasteiger partial charge in [-0.2, -0.15) is 0 Å². The minimum atomic E-state index is -0.455. The second kappa shape index (κ2) is 7.50. The van der Waals surface area contributed by atoms with Gasteiger partial charge in [-0.05, 0) is 54.3 Å². The molecule has 1 amide bonds. The normalized spacial score (nSPS) is 13.3. The van der Waals surface area contributed by atoms with Crippen LogP contribution in [-0.2, 0) is 11.2 Å². The average Bonchev–Trinajstić information content (AvgIpc) is 3.35. The topological polar surface area (TPSA) is 115 Å². The van der Waals surface area contributed by atoms with Crippen molar-refractivity contribution in [3.05, 3.63) is 46.8 Å². The summed E-state index contributed by atoms with van der Waals surface area (Å²) in [7, 11) is 1.33. The number of nitrogens with one attached hydrogen (secondary N) is 2. The van der Waals surface area contributed by atoms with Crippen LogP contribution in [0.25, 0.3) is 11.4 Å². The molecule has 9 nitrogen and oxygen atoms in total. The van der Waals surface area contributed by atoms with E-state index in [-0.39, 0.29) is 5.91 Å². The van der Waals surface area contributed by atoms with E-state index in [2.05, 4.69) is 25.8 Å². The smallest absolute Gasteiger partial charge is 0.339 e. The zero-order chi connectivity index (χ0) is 20.5. The lowest BCUT2D eigenvalue weighted by atomic mass is 10.1. The third-order valence-electron chi connectivity index (χ3n) is 5.06. The lowest BCUT2D eigenvalue weighted by Crippen LogP contribution is -2.14. The van der Waals surface area contributed by atoms with Crippen LogP contribution in [0.5, 0.6) is 0 Å². The van der Waals surface area contributed by atoms with Crippen molar-refractivity contribution in [1.29, 1.82) is 0 Å². The summed E-state index contributed by atoms with van der Waals surface area (Å²) in [5.41, 5.74) is 3.45. The Morgan fingerprint density at radius 1 is 1.34 bits per heavy atom. The number of esters is 1. The fourth-order valence-electron chi connectivity index (χ4n) is 3.41. The van der Waals surface area contributed by atoms with Crippen LogP contribution in [-0.4, -0.2) is 44.2 Å². The van der Waals surface area contributed by atoms with E-state index >= 15 is 0 Å². The summed E-state index contributed by atoms with van der Waals surface area (Å²) in [4.78, 5) is 28.0. The molecule has 0 unspecified atom stereocenters. The molecule has 1 aliphatic carbocycles. The minimum Gasteiger partial charge on any atom is -0.465 e. The third kappa shape index (κ3) is 3.51. The Kier molecular flexibility index (Phi) is 4.87. The molecule has 4 rings (SSSR count). The molecule has 150 valence electrons.